The van der Waals surface area contributed by atoms with Crippen LogP contribution in [0.4, 0.5) is 13.2 Å². The summed E-state index contributed by atoms with van der Waals surface area (Å²) < 4.78 is 58.5. The van der Waals surface area contributed by atoms with E-state index in [1.807, 2.05) is 97.1 Å². The molecule has 7 rings (SSSR count). The minimum Gasteiger partial charge on any atom is -0.431 e. The second-order valence-electron chi connectivity index (χ2n) is 13.2. The van der Waals surface area contributed by atoms with Crippen LogP contribution in [0.5, 0.6) is 0 Å². The molecule has 2 amide bonds. The first kappa shape index (κ1) is 37.4. The highest BCUT2D eigenvalue weighted by Gasteiger charge is 2.47. The number of hydrogen-bond acceptors (Lipinski definition) is 8. The van der Waals surface area contributed by atoms with Crippen molar-refractivity contribution < 1.29 is 41.8 Å². The monoisotopic (exact) mass is 757 g/mol. The van der Waals surface area contributed by atoms with Gasteiger partial charge in [-0.1, -0.05) is 121 Å². The van der Waals surface area contributed by atoms with Crippen LogP contribution in [0, 0.1) is 0 Å². The van der Waals surface area contributed by atoms with Gasteiger partial charge in [0.05, 0.1) is 18.8 Å². The molecule has 2 aliphatic rings. The van der Waals surface area contributed by atoms with Crippen LogP contribution < -0.4 is 5.32 Å². The molecule has 2 fully saturated rings. The number of aromatic nitrogens is 1. The van der Waals surface area contributed by atoms with Crippen LogP contribution in [0.25, 0.3) is 22.6 Å². The molecular formula is C41H38F3N3O6S. The van der Waals surface area contributed by atoms with Crippen LogP contribution >= 0.6 is 11.8 Å². The summed E-state index contributed by atoms with van der Waals surface area (Å²) in [6.07, 6.45) is -5.31. The van der Waals surface area contributed by atoms with Crippen LogP contribution in [-0.2, 0) is 32.2 Å². The number of aliphatic hydroxyl groups is 1. The molecular weight excluding hydrogens is 720 g/mol. The van der Waals surface area contributed by atoms with Crippen LogP contribution in [0.15, 0.2) is 119 Å². The zero-order valence-corrected chi connectivity index (χ0v) is 29.9. The van der Waals surface area contributed by atoms with Gasteiger partial charge in [0.1, 0.15) is 11.7 Å². The van der Waals surface area contributed by atoms with Crippen molar-refractivity contribution in [2.24, 2.45) is 0 Å². The molecule has 0 spiro atoms. The zero-order chi connectivity index (χ0) is 37.7. The smallest absolute Gasteiger partial charge is 0.431 e. The summed E-state index contributed by atoms with van der Waals surface area (Å²) in [6, 6.07) is 33.4. The number of benzene rings is 4. The highest BCUT2D eigenvalue weighted by Crippen LogP contribution is 2.41. The Hall–Kier alpha value is -4.95. The van der Waals surface area contributed by atoms with Crippen molar-refractivity contribution in [1.29, 1.82) is 0 Å². The first-order chi connectivity index (χ1) is 26.2. The van der Waals surface area contributed by atoms with Gasteiger partial charge in [0.2, 0.25) is 5.91 Å². The van der Waals surface area contributed by atoms with Crippen molar-refractivity contribution in [2.45, 2.75) is 68.4 Å². The van der Waals surface area contributed by atoms with Crippen LogP contribution in [0.1, 0.15) is 53.9 Å². The molecule has 5 aromatic rings. The number of oxazole rings is 1. The summed E-state index contributed by atoms with van der Waals surface area (Å²) in [7, 11) is 0. The average molecular weight is 758 g/mol. The number of amides is 2. The minimum absolute atomic E-state index is 0.0692. The van der Waals surface area contributed by atoms with Gasteiger partial charge in [-0.15, -0.1) is 0 Å². The molecule has 4 atom stereocenters. The van der Waals surface area contributed by atoms with Gasteiger partial charge in [-0.3, -0.25) is 9.59 Å². The fraction of sp³-hybridized carbons (Fsp3) is 0.293. The first-order valence-electron chi connectivity index (χ1n) is 17.7. The third-order valence-electron chi connectivity index (χ3n) is 9.48. The number of rotatable bonds is 11. The van der Waals surface area contributed by atoms with Crippen molar-refractivity contribution in [3.05, 3.63) is 131 Å². The summed E-state index contributed by atoms with van der Waals surface area (Å²) in [5, 5.41) is 12.8. The van der Waals surface area contributed by atoms with Crippen molar-refractivity contribution in [1.82, 2.24) is 15.2 Å². The molecule has 0 bridgehead atoms. The van der Waals surface area contributed by atoms with Gasteiger partial charge in [0.15, 0.2) is 12.1 Å². The Morgan fingerprint density at radius 1 is 0.852 bits per heavy atom. The number of aliphatic hydroxyl groups excluding tert-OH is 1. The Bertz CT molecular complexity index is 1970. The molecule has 1 aromatic heterocycles. The highest BCUT2D eigenvalue weighted by molar-refractivity contribution is 7.99. The molecule has 2 N–H and O–H groups in total. The van der Waals surface area contributed by atoms with Crippen LogP contribution in [0.2, 0.25) is 0 Å². The molecule has 13 heteroatoms. The van der Waals surface area contributed by atoms with E-state index in [0.29, 0.717) is 40.0 Å². The third-order valence-corrected chi connectivity index (χ3v) is 10.4. The molecule has 3 heterocycles. The lowest BCUT2D eigenvalue weighted by Gasteiger charge is -2.36. The molecule has 280 valence electrons. The second-order valence-corrected chi connectivity index (χ2v) is 14.1. The number of ether oxygens (including phenoxy) is 2. The van der Waals surface area contributed by atoms with Crippen LogP contribution in [0.3, 0.4) is 0 Å². The van der Waals surface area contributed by atoms with E-state index in [4.69, 9.17) is 18.9 Å². The molecule has 0 radical (unpaired) electrons. The Labute approximate surface area is 314 Å². The van der Waals surface area contributed by atoms with Crippen LogP contribution in [-0.4, -0.2) is 57.4 Å². The molecule has 2 saturated heterocycles. The highest BCUT2D eigenvalue weighted by atomic mass is 32.2. The van der Waals surface area contributed by atoms with Gasteiger partial charge < -0.3 is 29.2 Å². The number of carbonyl (C=O) groups is 2. The van der Waals surface area contributed by atoms with Gasteiger partial charge in [-0.05, 0) is 29.5 Å². The SMILES string of the molecule is O=C(NCc1ccc(C2OC(CSc3nc(-c4ccccc4)c(-c4ccccc4)o3)CC(c3ccc(CO)cc3)O2)cc1)C1CCCN1C(=O)C(F)(F)F. The molecule has 0 aliphatic carbocycles. The van der Waals surface area contributed by atoms with E-state index in [9.17, 15) is 27.9 Å². The molecule has 4 aromatic carbocycles. The topological polar surface area (TPSA) is 114 Å². The summed E-state index contributed by atoms with van der Waals surface area (Å²) in [5.41, 5.74) is 5.80. The maximum Gasteiger partial charge on any atom is 0.471 e. The van der Waals surface area contributed by atoms with Crippen molar-refractivity contribution >= 4 is 23.6 Å². The van der Waals surface area contributed by atoms with E-state index in [0.717, 1.165) is 33.5 Å². The van der Waals surface area contributed by atoms with Gasteiger partial charge in [0, 0.05) is 42.0 Å². The lowest BCUT2D eigenvalue weighted by Crippen LogP contribution is -2.50. The van der Waals surface area contributed by atoms with E-state index < -0.39 is 30.3 Å². The Balaban J connectivity index is 1.05. The lowest BCUT2D eigenvalue weighted by atomic mass is 10.0. The molecule has 9 nitrogen and oxygen atoms in total. The number of nitrogens with one attached hydrogen (secondary N) is 1. The summed E-state index contributed by atoms with van der Waals surface area (Å²) in [4.78, 5) is 30.1. The van der Waals surface area contributed by atoms with E-state index in [-0.39, 0.29) is 38.3 Å². The number of thioether (sulfide) groups is 1. The fourth-order valence-corrected chi connectivity index (χ4v) is 7.51. The number of carbonyl (C=O) groups excluding carboxylic acids is 2. The van der Waals surface area contributed by atoms with E-state index in [2.05, 4.69) is 5.32 Å². The Morgan fingerprint density at radius 3 is 2.17 bits per heavy atom. The maximum atomic E-state index is 13.0. The van der Waals surface area contributed by atoms with Gasteiger partial charge in [-0.2, -0.15) is 13.2 Å². The third kappa shape index (κ3) is 8.71. The molecule has 54 heavy (non-hydrogen) atoms. The van der Waals surface area contributed by atoms with E-state index in [1.165, 1.54) is 11.8 Å². The predicted molar refractivity (Wildman–Crippen MR) is 196 cm³/mol. The number of likely N-dealkylation sites (tertiary alicyclic amines) is 1. The van der Waals surface area contributed by atoms with E-state index >= 15 is 0 Å². The quantitative estimate of drug-likeness (QED) is 0.130. The molecule has 0 saturated carbocycles. The van der Waals surface area contributed by atoms with E-state index in [1.54, 1.807) is 12.1 Å². The standard InChI is InChI=1S/C41H38F3N3O6S/c42-41(43,44)39(50)47-21-7-12-33(47)37(49)45-23-26-13-19-31(20-14-26)38-51-32(22-34(52-38)28-17-15-27(24-48)16-18-28)25-54-40-46-35(29-8-3-1-4-9-29)36(53-40)30-10-5-2-6-11-30/h1-6,8-11,13-20,32-34,38,48H,7,12,21-25H2,(H,45,49). The first-order valence-corrected chi connectivity index (χ1v) is 18.6. The van der Waals surface area contributed by atoms with Crippen molar-refractivity contribution in [3.63, 3.8) is 0 Å². The Kier molecular flexibility index (Phi) is 11.5. The normalized spacial score (nSPS) is 20.2. The zero-order valence-electron chi connectivity index (χ0n) is 29.1. The molecule has 4 unspecified atom stereocenters. The summed E-state index contributed by atoms with van der Waals surface area (Å²) in [5.74, 6) is -1.41. The minimum atomic E-state index is -5.03. The lowest BCUT2D eigenvalue weighted by molar-refractivity contribution is -0.245. The average Bonchev–Trinajstić information content (AvgIpc) is 3.88. The Morgan fingerprint density at radius 2 is 1.50 bits per heavy atom. The van der Waals surface area contributed by atoms with Gasteiger partial charge in [0.25, 0.3) is 5.22 Å². The summed E-state index contributed by atoms with van der Waals surface area (Å²) in [6.45, 7) is -0.110. The number of alkyl halides is 3. The largest absolute Gasteiger partial charge is 0.471 e. The second kappa shape index (κ2) is 16.6. The van der Waals surface area contributed by atoms with Gasteiger partial charge >= 0.3 is 12.1 Å². The predicted octanol–water partition coefficient (Wildman–Crippen LogP) is 8.01. The number of hydrogen-bond donors (Lipinski definition) is 2. The van der Waals surface area contributed by atoms with Gasteiger partial charge in [-0.25, -0.2) is 4.98 Å². The summed E-state index contributed by atoms with van der Waals surface area (Å²) >= 11 is 1.46. The fourth-order valence-electron chi connectivity index (χ4n) is 6.67. The maximum absolute atomic E-state index is 13.0. The van der Waals surface area contributed by atoms with Crippen molar-refractivity contribution in [2.75, 3.05) is 12.3 Å². The number of halogens is 3. The number of nitrogens with zero attached hydrogens (tertiary/aromatic N) is 2. The van der Waals surface area contributed by atoms with Crippen molar-refractivity contribution in [3.8, 4) is 22.6 Å². The molecule has 2 aliphatic heterocycles.